The Hall–Kier alpha value is -3.87. The van der Waals surface area contributed by atoms with Gasteiger partial charge in [-0.15, -0.1) is 5.10 Å². The molecule has 0 saturated carbocycles. The van der Waals surface area contributed by atoms with Crippen LogP contribution in [0.15, 0.2) is 72.4 Å². The predicted octanol–water partition coefficient (Wildman–Crippen LogP) is 5.20. The first-order chi connectivity index (χ1) is 16.6. The Balaban J connectivity index is 1.28. The molecule has 1 aliphatic heterocycles. The first-order valence-electron chi connectivity index (χ1n) is 11.5. The van der Waals surface area contributed by atoms with E-state index in [4.69, 9.17) is 9.47 Å². The Morgan fingerprint density at radius 3 is 2.56 bits per heavy atom. The molecule has 0 bridgehead atoms. The predicted molar refractivity (Wildman–Crippen MR) is 133 cm³/mol. The van der Waals surface area contributed by atoms with Crippen LogP contribution in [-0.2, 0) is 0 Å². The molecule has 2 heterocycles. The van der Waals surface area contributed by atoms with E-state index in [0.717, 1.165) is 23.5 Å². The van der Waals surface area contributed by atoms with E-state index >= 15 is 0 Å². The zero-order valence-corrected chi connectivity index (χ0v) is 19.6. The molecule has 1 unspecified atom stereocenters. The van der Waals surface area contributed by atoms with Gasteiger partial charge in [-0.05, 0) is 66.8 Å². The molecular weight excluding hydrogens is 428 g/mol. The third-order valence-electron chi connectivity index (χ3n) is 5.71. The highest BCUT2D eigenvalue weighted by Crippen LogP contribution is 2.26. The number of urea groups is 1. The van der Waals surface area contributed by atoms with E-state index in [9.17, 15) is 4.79 Å². The first-order valence-corrected chi connectivity index (χ1v) is 11.5. The maximum absolute atomic E-state index is 12.6. The minimum absolute atomic E-state index is 0.144. The molecular formula is C27H30N4O3. The van der Waals surface area contributed by atoms with Crippen LogP contribution in [0.3, 0.4) is 0 Å². The normalized spacial score (nSPS) is 16.8. The van der Waals surface area contributed by atoms with Crippen LogP contribution in [0.1, 0.15) is 24.5 Å². The van der Waals surface area contributed by atoms with Gasteiger partial charge in [0.25, 0.3) is 0 Å². The monoisotopic (exact) mass is 458 g/mol. The molecule has 0 aliphatic carbocycles. The van der Waals surface area contributed by atoms with Crippen molar-refractivity contribution in [1.82, 2.24) is 15.1 Å². The van der Waals surface area contributed by atoms with Crippen molar-refractivity contribution in [3.63, 3.8) is 0 Å². The van der Waals surface area contributed by atoms with Crippen LogP contribution < -0.4 is 14.8 Å². The van der Waals surface area contributed by atoms with Crippen molar-refractivity contribution in [1.29, 1.82) is 0 Å². The summed E-state index contributed by atoms with van der Waals surface area (Å²) in [7, 11) is 0. The van der Waals surface area contributed by atoms with E-state index < -0.39 is 0 Å². The van der Waals surface area contributed by atoms with Crippen molar-refractivity contribution in [2.45, 2.75) is 20.3 Å². The second-order valence-corrected chi connectivity index (χ2v) is 8.44. The third kappa shape index (κ3) is 6.57. The number of hydrogen-bond donors (Lipinski definition) is 1. The van der Waals surface area contributed by atoms with Crippen molar-refractivity contribution < 1.29 is 14.3 Å². The number of aryl methyl sites for hydroxylation is 1. The van der Waals surface area contributed by atoms with Crippen molar-refractivity contribution in [2.24, 2.45) is 5.92 Å². The van der Waals surface area contributed by atoms with Gasteiger partial charge in [-0.2, -0.15) is 5.10 Å². The first kappa shape index (κ1) is 23.3. The molecule has 1 atom stereocenters. The zero-order chi connectivity index (χ0) is 23.8. The highest BCUT2D eigenvalue weighted by atomic mass is 16.5. The lowest BCUT2D eigenvalue weighted by Gasteiger charge is -2.33. The molecule has 1 aliphatic rings. The van der Waals surface area contributed by atoms with Gasteiger partial charge in [0, 0.05) is 19.3 Å². The number of nitrogens with one attached hydrogen (secondary N) is 1. The van der Waals surface area contributed by atoms with E-state index in [0.29, 0.717) is 32.1 Å². The number of likely N-dealkylation sites (tertiary alicyclic amines) is 1. The van der Waals surface area contributed by atoms with Crippen LogP contribution in [-0.4, -0.2) is 47.4 Å². The quantitative estimate of drug-likeness (QED) is 0.493. The number of benzene rings is 2. The maximum Gasteiger partial charge on any atom is 0.323 e. The Bertz CT molecular complexity index is 1130. The van der Waals surface area contributed by atoms with Crippen LogP contribution in [0.25, 0.3) is 6.08 Å². The van der Waals surface area contributed by atoms with Crippen molar-refractivity contribution >= 4 is 17.9 Å². The molecule has 2 amide bonds. The van der Waals surface area contributed by atoms with Gasteiger partial charge in [0.2, 0.25) is 0 Å². The van der Waals surface area contributed by atoms with E-state index in [1.165, 1.54) is 11.1 Å². The van der Waals surface area contributed by atoms with Crippen molar-refractivity contribution in [2.75, 3.05) is 31.6 Å². The molecule has 7 heteroatoms. The minimum atomic E-state index is -0.144. The highest BCUT2D eigenvalue weighted by Gasteiger charge is 2.24. The molecule has 34 heavy (non-hydrogen) atoms. The molecule has 1 saturated heterocycles. The van der Waals surface area contributed by atoms with Gasteiger partial charge in [-0.3, -0.25) is 5.32 Å². The lowest BCUT2D eigenvalue weighted by atomic mass is 9.91. The van der Waals surface area contributed by atoms with Crippen LogP contribution in [0, 0.1) is 12.8 Å². The molecule has 1 N–H and O–H groups in total. The number of nitrogens with zero attached hydrogens (tertiary/aromatic N) is 3. The summed E-state index contributed by atoms with van der Waals surface area (Å²) in [6.07, 6.45) is 4.61. The maximum atomic E-state index is 12.6. The zero-order valence-electron chi connectivity index (χ0n) is 19.6. The number of piperidine rings is 1. The van der Waals surface area contributed by atoms with Crippen LogP contribution in [0.2, 0.25) is 0 Å². The SMILES string of the molecule is Cc1cccc(OCCOc2cccc(/C=C3\CCN(C(=O)Nc4cccnn4)CC3C)c2)c1. The van der Waals surface area contributed by atoms with Crippen molar-refractivity contribution in [3.8, 4) is 11.5 Å². The van der Waals surface area contributed by atoms with E-state index in [1.54, 1.807) is 18.3 Å². The van der Waals surface area contributed by atoms with E-state index in [1.807, 2.05) is 54.3 Å². The molecule has 1 aromatic heterocycles. The number of hydrogen-bond acceptors (Lipinski definition) is 5. The smallest absolute Gasteiger partial charge is 0.323 e. The Morgan fingerprint density at radius 2 is 1.85 bits per heavy atom. The van der Waals surface area contributed by atoms with Crippen LogP contribution in [0.4, 0.5) is 10.6 Å². The van der Waals surface area contributed by atoms with Crippen molar-refractivity contribution in [3.05, 3.63) is 83.6 Å². The minimum Gasteiger partial charge on any atom is -0.490 e. The lowest BCUT2D eigenvalue weighted by molar-refractivity contribution is 0.197. The molecule has 0 radical (unpaired) electrons. The molecule has 4 rings (SSSR count). The summed E-state index contributed by atoms with van der Waals surface area (Å²) in [5.41, 5.74) is 3.59. The highest BCUT2D eigenvalue weighted by molar-refractivity contribution is 5.88. The Morgan fingerprint density at radius 1 is 1.09 bits per heavy atom. The van der Waals surface area contributed by atoms with Crippen LogP contribution >= 0.6 is 0 Å². The summed E-state index contributed by atoms with van der Waals surface area (Å²) in [4.78, 5) is 14.4. The molecule has 7 nitrogen and oxygen atoms in total. The number of rotatable bonds is 7. The fourth-order valence-corrected chi connectivity index (χ4v) is 3.94. The molecule has 3 aromatic rings. The number of aromatic nitrogens is 2. The number of anilines is 1. The summed E-state index contributed by atoms with van der Waals surface area (Å²) < 4.78 is 11.7. The third-order valence-corrected chi connectivity index (χ3v) is 5.71. The van der Waals surface area contributed by atoms with Gasteiger partial charge in [0.1, 0.15) is 24.7 Å². The average molecular weight is 459 g/mol. The number of ether oxygens (including phenoxy) is 2. The summed E-state index contributed by atoms with van der Waals surface area (Å²) in [6, 6.07) is 19.4. The fraction of sp³-hybridized carbons (Fsp3) is 0.296. The average Bonchev–Trinajstić information content (AvgIpc) is 2.84. The molecule has 2 aromatic carbocycles. The number of carbonyl (C=O) groups excluding carboxylic acids is 1. The number of carbonyl (C=O) groups is 1. The summed E-state index contributed by atoms with van der Waals surface area (Å²) in [6.45, 7) is 6.47. The van der Waals surface area contributed by atoms with Gasteiger partial charge in [-0.1, -0.05) is 42.8 Å². The molecule has 0 spiro atoms. The largest absolute Gasteiger partial charge is 0.490 e. The van der Waals surface area contributed by atoms with Gasteiger partial charge >= 0.3 is 6.03 Å². The van der Waals surface area contributed by atoms with Gasteiger partial charge in [0.15, 0.2) is 5.82 Å². The molecule has 176 valence electrons. The Kier molecular flexibility index (Phi) is 7.75. The second-order valence-electron chi connectivity index (χ2n) is 8.44. The second kappa shape index (κ2) is 11.3. The fourth-order valence-electron chi connectivity index (χ4n) is 3.94. The van der Waals surface area contributed by atoms with E-state index in [2.05, 4.69) is 34.6 Å². The summed E-state index contributed by atoms with van der Waals surface area (Å²) in [5.74, 6) is 2.39. The van der Waals surface area contributed by atoms with Gasteiger partial charge in [-0.25, -0.2) is 4.79 Å². The lowest BCUT2D eigenvalue weighted by Crippen LogP contribution is -2.42. The van der Waals surface area contributed by atoms with Crippen LogP contribution in [0.5, 0.6) is 11.5 Å². The standard InChI is InChI=1S/C27H30N4O3/c1-20-6-3-8-24(16-20)33-14-15-34-25-9-4-7-22(18-25)17-23-11-13-31(19-21(23)2)27(32)29-26-10-5-12-28-30-26/h3-10,12,16-18,21H,11,13-15,19H2,1-2H3,(H,29,30,32)/b23-17+. The number of amides is 2. The van der Waals surface area contributed by atoms with E-state index in [-0.39, 0.29) is 11.9 Å². The van der Waals surface area contributed by atoms with Gasteiger partial charge < -0.3 is 14.4 Å². The topological polar surface area (TPSA) is 76.6 Å². The van der Waals surface area contributed by atoms with Gasteiger partial charge in [0.05, 0.1) is 0 Å². The summed E-state index contributed by atoms with van der Waals surface area (Å²) >= 11 is 0. The molecule has 1 fully saturated rings. The Labute approximate surface area is 200 Å². The summed E-state index contributed by atoms with van der Waals surface area (Å²) in [5, 5.41) is 10.5.